The number of hydrogen-bond donors (Lipinski definition) is 2. The summed E-state index contributed by atoms with van der Waals surface area (Å²) in [5, 5.41) is 8.54. The van der Waals surface area contributed by atoms with E-state index in [1.54, 1.807) is 30.3 Å². The molecular weight excluding hydrogens is 308 g/mol. The van der Waals surface area contributed by atoms with Crippen LogP contribution in [0.5, 0.6) is 0 Å². The van der Waals surface area contributed by atoms with Gasteiger partial charge in [-0.05, 0) is 5.56 Å². The first kappa shape index (κ1) is 17.0. The molecule has 0 saturated heterocycles. The lowest BCUT2D eigenvalue weighted by molar-refractivity contribution is -0.141. The van der Waals surface area contributed by atoms with Crippen LogP contribution in [0.4, 0.5) is 8.78 Å². The summed E-state index contributed by atoms with van der Waals surface area (Å²) in [6, 6.07) is 6.70. The molecule has 0 amide bonds. The molecule has 0 aliphatic heterocycles. The van der Waals surface area contributed by atoms with Crippen LogP contribution in [0.3, 0.4) is 0 Å². The molecule has 18 heavy (non-hydrogen) atoms. The Morgan fingerprint density at radius 3 is 2.33 bits per heavy atom. The minimum Gasteiger partial charge on any atom is -0.480 e. The second-order valence-corrected chi connectivity index (χ2v) is 4.04. The van der Waals surface area contributed by atoms with E-state index in [9.17, 15) is 13.6 Å². The molecule has 3 nitrogen and oxygen atoms in total. The highest BCUT2D eigenvalue weighted by molar-refractivity contribution is 8.93. The van der Waals surface area contributed by atoms with E-state index < -0.39 is 30.3 Å². The molecule has 0 aromatic heterocycles. The number of alkyl halides is 2. The second kappa shape index (κ2) is 6.80. The number of rotatable bonds is 5. The SMILES string of the molecule is Br.CC(c1ccccc1)C(F)(F)CC(N)C(=O)O. The molecule has 1 aromatic carbocycles. The van der Waals surface area contributed by atoms with Crippen molar-refractivity contribution < 1.29 is 18.7 Å². The molecule has 3 N–H and O–H groups in total. The number of carbonyl (C=O) groups is 1. The Morgan fingerprint density at radius 1 is 1.39 bits per heavy atom. The van der Waals surface area contributed by atoms with Gasteiger partial charge in [-0.1, -0.05) is 37.3 Å². The summed E-state index contributed by atoms with van der Waals surface area (Å²) in [5.74, 6) is -5.61. The molecule has 0 bridgehead atoms. The smallest absolute Gasteiger partial charge is 0.320 e. The maximum absolute atomic E-state index is 13.8. The van der Waals surface area contributed by atoms with Gasteiger partial charge in [0.1, 0.15) is 6.04 Å². The van der Waals surface area contributed by atoms with Crippen molar-refractivity contribution in [3.63, 3.8) is 0 Å². The molecule has 0 radical (unpaired) electrons. The highest BCUT2D eigenvalue weighted by Gasteiger charge is 2.40. The summed E-state index contributed by atoms with van der Waals surface area (Å²) in [5.41, 5.74) is 5.61. The van der Waals surface area contributed by atoms with Crippen LogP contribution < -0.4 is 5.73 Å². The van der Waals surface area contributed by atoms with E-state index in [1.165, 1.54) is 6.92 Å². The number of hydrogen-bond acceptors (Lipinski definition) is 2. The zero-order valence-corrected chi connectivity index (χ0v) is 11.6. The zero-order valence-electron chi connectivity index (χ0n) is 9.85. The van der Waals surface area contributed by atoms with Crippen molar-refractivity contribution in [1.82, 2.24) is 0 Å². The van der Waals surface area contributed by atoms with E-state index in [-0.39, 0.29) is 17.0 Å². The highest BCUT2D eigenvalue weighted by Crippen LogP contribution is 2.36. The normalized spacial score (nSPS) is 14.4. The third-order valence-electron chi connectivity index (χ3n) is 2.74. The van der Waals surface area contributed by atoms with E-state index >= 15 is 0 Å². The van der Waals surface area contributed by atoms with E-state index in [0.717, 1.165) is 0 Å². The third-order valence-corrected chi connectivity index (χ3v) is 2.74. The van der Waals surface area contributed by atoms with Gasteiger partial charge in [0.05, 0.1) is 0 Å². The fourth-order valence-electron chi connectivity index (χ4n) is 1.54. The van der Waals surface area contributed by atoms with Crippen LogP contribution in [0.2, 0.25) is 0 Å². The van der Waals surface area contributed by atoms with Crippen LogP contribution in [-0.4, -0.2) is 23.0 Å². The van der Waals surface area contributed by atoms with Crippen molar-refractivity contribution in [1.29, 1.82) is 0 Å². The maximum atomic E-state index is 13.8. The molecule has 0 heterocycles. The van der Waals surface area contributed by atoms with Crippen LogP contribution in [0.25, 0.3) is 0 Å². The molecule has 2 atom stereocenters. The maximum Gasteiger partial charge on any atom is 0.320 e. The van der Waals surface area contributed by atoms with Crippen molar-refractivity contribution >= 4 is 23.0 Å². The number of aliphatic carboxylic acids is 1. The van der Waals surface area contributed by atoms with Crippen molar-refractivity contribution in [3.8, 4) is 0 Å². The van der Waals surface area contributed by atoms with Gasteiger partial charge in [-0.2, -0.15) is 0 Å². The second-order valence-electron chi connectivity index (χ2n) is 4.04. The van der Waals surface area contributed by atoms with E-state index in [0.29, 0.717) is 5.56 Å². The summed E-state index contributed by atoms with van der Waals surface area (Å²) in [6.07, 6.45) is -0.863. The van der Waals surface area contributed by atoms with E-state index in [1.807, 2.05) is 0 Å². The van der Waals surface area contributed by atoms with Crippen molar-refractivity contribution in [2.45, 2.75) is 31.2 Å². The fraction of sp³-hybridized carbons (Fsp3) is 0.417. The van der Waals surface area contributed by atoms with Crippen LogP contribution in [0.15, 0.2) is 30.3 Å². The molecule has 2 unspecified atom stereocenters. The number of carboxylic acids is 1. The lowest BCUT2D eigenvalue weighted by Gasteiger charge is -2.25. The Bertz CT molecular complexity index is 387. The Morgan fingerprint density at radius 2 is 1.89 bits per heavy atom. The predicted octanol–water partition coefficient (Wildman–Crippen LogP) is 2.81. The van der Waals surface area contributed by atoms with Gasteiger partial charge in [0, 0.05) is 12.3 Å². The minimum absolute atomic E-state index is 0. The number of benzene rings is 1. The molecule has 102 valence electrons. The predicted molar refractivity (Wildman–Crippen MR) is 70.4 cm³/mol. The Hall–Kier alpha value is -1.01. The average molecular weight is 324 g/mol. The Kier molecular flexibility index (Phi) is 6.42. The monoisotopic (exact) mass is 323 g/mol. The summed E-state index contributed by atoms with van der Waals surface area (Å²) < 4.78 is 27.5. The van der Waals surface area contributed by atoms with Crippen LogP contribution in [0, 0.1) is 0 Å². The van der Waals surface area contributed by atoms with Gasteiger partial charge in [0.25, 0.3) is 5.92 Å². The molecular formula is C12H16BrF2NO2. The first-order valence-electron chi connectivity index (χ1n) is 5.25. The molecule has 0 aliphatic carbocycles. The standard InChI is InChI=1S/C12H15F2NO2.BrH/c1-8(9-5-3-2-4-6-9)12(13,14)7-10(15)11(16)17;/h2-6,8,10H,7,15H2,1H3,(H,16,17);1H. The minimum atomic E-state index is -3.14. The molecule has 1 aromatic rings. The Balaban J connectivity index is 0.00000289. The summed E-state index contributed by atoms with van der Waals surface area (Å²) in [6.45, 7) is 1.36. The number of carboxylic acid groups (broad SMARTS) is 1. The summed E-state index contributed by atoms with van der Waals surface area (Å²) in [4.78, 5) is 10.5. The lowest BCUT2D eigenvalue weighted by Crippen LogP contribution is -2.39. The quantitative estimate of drug-likeness (QED) is 0.875. The zero-order chi connectivity index (χ0) is 13.1. The average Bonchev–Trinajstić information content (AvgIpc) is 2.28. The van der Waals surface area contributed by atoms with Gasteiger partial charge in [-0.3, -0.25) is 4.79 Å². The first-order chi connectivity index (χ1) is 7.84. The van der Waals surface area contributed by atoms with Crippen molar-refractivity contribution in [3.05, 3.63) is 35.9 Å². The van der Waals surface area contributed by atoms with Gasteiger partial charge in [0.15, 0.2) is 0 Å². The van der Waals surface area contributed by atoms with Crippen LogP contribution in [0.1, 0.15) is 24.8 Å². The summed E-state index contributed by atoms with van der Waals surface area (Å²) >= 11 is 0. The van der Waals surface area contributed by atoms with Gasteiger partial charge in [-0.15, -0.1) is 17.0 Å². The summed E-state index contributed by atoms with van der Waals surface area (Å²) in [7, 11) is 0. The molecule has 0 fully saturated rings. The van der Waals surface area contributed by atoms with Crippen LogP contribution >= 0.6 is 17.0 Å². The topological polar surface area (TPSA) is 63.3 Å². The largest absolute Gasteiger partial charge is 0.480 e. The van der Waals surface area contributed by atoms with Gasteiger partial charge in [0.2, 0.25) is 0 Å². The van der Waals surface area contributed by atoms with Crippen molar-refractivity contribution in [2.24, 2.45) is 5.73 Å². The van der Waals surface area contributed by atoms with E-state index in [2.05, 4.69) is 0 Å². The lowest BCUT2D eigenvalue weighted by atomic mass is 9.90. The number of nitrogens with two attached hydrogens (primary N) is 1. The molecule has 1 rings (SSSR count). The van der Waals surface area contributed by atoms with Gasteiger partial charge in [-0.25, -0.2) is 8.78 Å². The number of halogens is 3. The molecule has 0 saturated carbocycles. The molecule has 0 aliphatic rings. The van der Waals surface area contributed by atoms with Crippen molar-refractivity contribution in [2.75, 3.05) is 0 Å². The fourth-order valence-corrected chi connectivity index (χ4v) is 1.54. The molecule has 0 spiro atoms. The highest BCUT2D eigenvalue weighted by atomic mass is 79.9. The van der Waals surface area contributed by atoms with Gasteiger partial charge >= 0.3 is 5.97 Å². The van der Waals surface area contributed by atoms with E-state index in [4.69, 9.17) is 10.8 Å². The van der Waals surface area contributed by atoms with Gasteiger partial charge < -0.3 is 10.8 Å². The first-order valence-corrected chi connectivity index (χ1v) is 5.25. The van der Waals surface area contributed by atoms with Crippen LogP contribution in [-0.2, 0) is 4.79 Å². The molecule has 6 heteroatoms. The Labute approximate surface area is 115 Å². The third kappa shape index (κ3) is 4.34.